The summed E-state index contributed by atoms with van der Waals surface area (Å²) in [5, 5.41) is 2.66. The first-order valence-corrected chi connectivity index (χ1v) is 8.16. The minimum absolute atomic E-state index is 0.105. The van der Waals surface area contributed by atoms with E-state index in [0.29, 0.717) is 17.9 Å². The highest BCUT2D eigenvalue weighted by Crippen LogP contribution is 2.12. The summed E-state index contributed by atoms with van der Waals surface area (Å²) in [5.74, 6) is -2.30. The van der Waals surface area contributed by atoms with Crippen molar-refractivity contribution in [2.45, 2.75) is 13.3 Å². The molecule has 0 unspecified atom stereocenters. The van der Waals surface area contributed by atoms with Gasteiger partial charge >= 0.3 is 17.8 Å². The van der Waals surface area contributed by atoms with E-state index in [1.54, 1.807) is 6.92 Å². The highest BCUT2D eigenvalue weighted by Gasteiger charge is 2.44. The lowest BCUT2D eigenvalue weighted by Crippen LogP contribution is -2.42. The summed E-state index contributed by atoms with van der Waals surface area (Å²) in [6.45, 7) is 2.42. The number of amides is 5. The van der Waals surface area contributed by atoms with Gasteiger partial charge in [-0.15, -0.1) is 0 Å². The van der Waals surface area contributed by atoms with Crippen molar-refractivity contribution in [1.29, 1.82) is 0 Å². The van der Waals surface area contributed by atoms with Gasteiger partial charge in [0.05, 0.1) is 0 Å². The third kappa shape index (κ3) is 4.34. The molecule has 0 aromatic heterocycles. The van der Waals surface area contributed by atoms with Crippen LogP contribution >= 0.6 is 0 Å². The van der Waals surface area contributed by atoms with E-state index in [1.807, 2.05) is 37.4 Å². The number of anilines is 1. The number of rotatable bonds is 8. The van der Waals surface area contributed by atoms with Crippen molar-refractivity contribution in [1.82, 2.24) is 15.1 Å². The van der Waals surface area contributed by atoms with Crippen molar-refractivity contribution >= 4 is 29.4 Å². The Morgan fingerprint density at radius 3 is 2.32 bits per heavy atom. The van der Waals surface area contributed by atoms with E-state index in [9.17, 15) is 19.2 Å². The zero-order valence-electron chi connectivity index (χ0n) is 14.4. The molecule has 0 bridgehead atoms. The maximum atomic E-state index is 11.9. The van der Waals surface area contributed by atoms with Crippen LogP contribution in [0.2, 0.25) is 0 Å². The van der Waals surface area contributed by atoms with Crippen LogP contribution in [0.4, 0.5) is 10.5 Å². The molecule has 5 amide bonds. The Kier molecular flexibility index (Phi) is 6.10. The third-order valence-electron chi connectivity index (χ3n) is 3.94. The van der Waals surface area contributed by atoms with Gasteiger partial charge in [0.1, 0.15) is 6.54 Å². The average Bonchev–Trinajstić information content (AvgIpc) is 2.82. The van der Waals surface area contributed by atoms with Gasteiger partial charge in [-0.25, -0.2) is 9.69 Å². The van der Waals surface area contributed by atoms with E-state index in [1.165, 1.54) is 0 Å². The quantitative estimate of drug-likeness (QED) is 0.419. The maximum absolute atomic E-state index is 11.9. The van der Waals surface area contributed by atoms with E-state index < -0.39 is 30.3 Å². The van der Waals surface area contributed by atoms with Gasteiger partial charge in [0, 0.05) is 32.4 Å². The van der Waals surface area contributed by atoms with E-state index >= 15 is 0 Å². The topological polar surface area (TPSA) is 90.0 Å². The second-order valence-electron chi connectivity index (χ2n) is 5.68. The predicted molar refractivity (Wildman–Crippen MR) is 91.8 cm³/mol. The molecule has 134 valence electrons. The Hall–Kier alpha value is -2.90. The van der Waals surface area contributed by atoms with Crippen molar-refractivity contribution in [2.75, 3.05) is 38.1 Å². The van der Waals surface area contributed by atoms with E-state index in [-0.39, 0.29) is 6.54 Å². The molecule has 1 fully saturated rings. The molecule has 1 aromatic carbocycles. The van der Waals surface area contributed by atoms with Crippen LogP contribution in [-0.4, -0.2) is 66.8 Å². The summed E-state index contributed by atoms with van der Waals surface area (Å²) < 4.78 is 0. The van der Waals surface area contributed by atoms with Gasteiger partial charge in [-0.3, -0.25) is 19.3 Å². The standard InChI is InChI=1S/C17H22N4O4/c1-3-20-15(23)16(24)21(17(20)25)12-14(22)18-10-7-11-19(2)13-8-5-4-6-9-13/h4-6,8-9H,3,7,10-12H2,1-2H3,(H,18,22). The van der Waals surface area contributed by atoms with Crippen LogP contribution in [-0.2, 0) is 14.4 Å². The van der Waals surface area contributed by atoms with Crippen molar-refractivity contribution in [3.63, 3.8) is 0 Å². The van der Waals surface area contributed by atoms with Crippen molar-refractivity contribution in [2.24, 2.45) is 0 Å². The SMILES string of the molecule is CCN1C(=O)C(=O)N(CC(=O)NCCCN(C)c2ccccc2)C1=O. The second kappa shape index (κ2) is 8.27. The first-order chi connectivity index (χ1) is 12.0. The molecular formula is C17H22N4O4. The fraction of sp³-hybridized carbons (Fsp3) is 0.412. The number of nitrogens with zero attached hydrogens (tertiary/aromatic N) is 3. The Bertz CT molecular complexity index is 662. The highest BCUT2D eigenvalue weighted by molar-refractivity contribution is 6.45. The van der Waals surface area contributed by atoms with Gasteiger partial charge in [0.15, 0.2) is 0 Å². The largest absolute Gasteiger partial charge is 0.375 e. The van der Waals surface area contributed by atoms with Crippen LogP contribution in [0.25, 0.3) is 0 Å². The molecule has 25 heavy (non-hydrogen) atoms. The Morgan fingerprint density at radius 2 is 1.72 bits per heavy atom. The summed E-state index contributed by atoms with van der Waals surface area (Å²) in [5.41, 5.74) is 1.08. The van der Waals surface area contributed by atoms with Crippen molar-refractivity contribution < 1.29 is 19.2 Å². The fourth-order valence-corrected chi connectivity index (χ4v) is 2.52. The molecule has 2 rings (SSSR count). The molecule has 8 nitrogen and oxygen atoms in total. The van der Waals surface area contributed by atoms with Crippen LogP contribution in [0, 0.1) is 0 Å². The van der Waals surface area contributed by atoms with Crippen LogP contribution < -0.4 is 10.2 Å². The lowest BCUT2D eigenvalue weighted by atomic mass is 10.3. The lowest BCUT2D eigenvalue weighted by Gasteiger charge is -2.19. The molecule has 1 N–H and O–H groups in total. The zero-order valence-corrected chi connectivity index (χ0v) is 14.4. The molecule has 0 saturated carbocycles. The van der Waals surface area contributed by atoms with E-state index in [0.717, 1.165) is 17.1 Å². The van der Waals surface area contributed by atoms with Gasteiger partial charge in [-0.2, -0.15) is 0 Å². The third-order valence-corrected chi connectivity index (χ3v) is 3.94. The monoisotopic (exact) mass is 346 g/mol. The van der Waals surface area contributed by atoms with Crippen LogP contribution in [0.3, 0.4) is 0 Å². The van der Waals surface area contributed by atoms with Crippen LogP contribution in [0.1, 0.15) is 13.3 Å². The number of urea groups is 1. The normalized spacial score (nSPS) is 14.2. The molecule has 0 radical (unpaired) electrons. The fourth-order valence-electron chi connectivity index (χ4n) is 2.52. The number of hydrogen-bond donors (Lipinski definition) is 1. The number of imide groups is 2. The number of nitrogens with one attached hydrogen (secondary N) is 1. The summed E-state index contributed by atoms with van der Waals surface area (Å²) in [6, 6.07) is 9.12. The zero-order chi connectivity index (χ0) is 18.4. The van der Waals surface area contributed by atoms with Crippen LogP contribution in [0.5, 0.6) is 0 Å². The van der Waals surface area contributed by atoms with E-state index in [2.05, 4.69) is 10.2 Å². The second-order valence-corrected chi connectivity index (χ2v) is 5.68. The minimum Gasteiger partial charge on any atom is -0.375 e. The highest BCUT2D eigenvalue weighted by atomic mass is 16.2. The molecule has 1 heterocycles. The van der Waals surface area contributed by atoms with E-state index in [4.69, 9.17) is 0 Å². The number of para-hydroxylation sites is 1. The van der Waals surface area contributed by atoms with Gasteiger partial charge in [0.25, 0.3) is 0 Å². The summed E-state index contributed by atoms with van der Waals surface area (Å²) >= 11 is 0. The Morgan fingerprint density at radius 1 is 1.08 bits per heavy atom. The molecule has 0 spiro atoms. The maximum Gasteiger partial charge on any atom is 0.334 e. The van der Waals surface area contributed by atoms with Crippen molar-refractivity contribution in [3.05, 3.63) is 30.3 Å². The molecule has 1 aliphatic heterocycles. The molecular weight excluding hydrogens is 324 g/mol. The first-order valence-electron chi connectivity index (χ1n) is 8.16. The molecule has 1 aromatic rings. The number of carbonyl (C=O) groups excluding carboxylic acids is 4. The molecule has 0 aliphatic carbocycles. The smallest absolute Gasteiger partial charge is 0.334 e. The number of likely N-dealkylation sites (N-methyl/N-ethyl adjacent to an activating group) is 1. The molecule has 1 saturated heterocycles. The summed E-state index contributed by atoms with van der Waals surface area (Å²) in [6.07, 6.45) is 0.707. The number of carbonyl (C=O) groups is 4. The first kappa shape index (κ1) is 18.4. The lowest BCUT2D eigenvalue weighted by molar-refractivity contribution is -0.143. The van der Waals surface area contributed by atoms with Gasteiger partial charge < -0.3 is 10.2 Å². The summed E-state index contributed by atoms with van der Waals surface area (Å²) in [4.78, 5) is 50.7. The Labute approximate surface area is 146 Å². The number of benzene rings is 1. The van der Waals surface area contributed by atoms with Gasteiger partial charge in [-0.1, -0.05) is 18.2 Å². The molecule has 1 aliphatic rings. The summed E-state index contributed by atoms with van der Waals surface area (Å²) in [7, 11) is 1.96. The molecule has 8 heteroatoms. The van der Waals surface area contributed by atoms with Crippen molar-refractivity contribution in [3.8, 4) is 0 Å². The van der Waals surface area contributed by atoms with Gasteiger partial charge in [-0.05, 0) is 25.5 Å². The average molecular weight is 346 g/mol. The predicted octanol–water partition coefficient (Wildman–Crippen LogP) is 0.440. The van der Waals surface area contributed by atoms with Gasteiger partial charge in [0.2, 0.25) is 5.91 Å². The minimum atomic E-state index is -0.953. The molecule has 0 atom stereocenters. The van der Waals surface area contributed by atoms with Crippen LogP contribution in [0.15, 0.2) is 30.3 Å². The number of hydrogen-bond acceptors (Lipinski definition) is 5. The Balaban J connectivity index is 1.73.